The van der Waals surface area contributed by atoms with Crippen molar-refractivity contribution in [1.82, 2.24) is 0 Å². The molecule has 0 heterocycles. The molecule has 1 aromatic rings. The SMILES string of the molecule is C#C/C=C(\C)C=O.C#CC(F)/C=C(\C=C/C)CN=C.CC(C)c1ccc(N)cc1. The maximum absolute atomic E-state index is 12.6. The molecule has 0 radical (unpaired) electrons. The van der Waals surface area contributed by atoms with Crippen LogP contribution in [0.1, 0.15) is 39.2 Å². The number of aliphatic imine (C=N–C) groups is 1. The molecule has 0 fully saturated rings. The van der Waals surface area contributed by atoms with Gasteiger partial charge in [-0.25, -0.2) is 4.39 Å². The molecule has 1 unspecified atom stereocenters. The molecule has 29 heavy (non-hydrogen) atoms. The molecule has 4 heteroatoms. The van der Waals surface area contributed by atoms with E-state index in [4.69, 9.17) is 18.6 Å². The number of hydrogen-bond donors (Lipinski definition) is 1. The first kappa shape index (κ1) is 27.8. The van der Waals surface area contributed by atoms with Crippen molar-refractivity contribution >= 4 is 18.7 Å². The van der Waals surface area contributed by atoms with Gasteiger partial charge in [0.2, 0.25) is 0 Å². The minimum absolute atomic E-state index is 0.395. The zero-order valence-corrected chi connectivity index (χ0v) is 17.7. The Bertz CT molecular complexity index is 773. The third-order valence-corrected chi connectivity index (χ3v) is 3.29. The normalized spacial score (nSPS) is 11.9. The topological polar surface area (TPSA) is 55.5 Å². The van der Waals surface area contributed by atoms with Crippen LogP contribution in [0.2, 0.25) is 0 Å². The van der Waals surface area contributed by atoms with E-state index < -0.39 is 6.17 Å². The monoisotopic (exact) mass is 394 g/mol. The van der Waals surface area contributed by atoms with Gasteiger partial charge in [0.1, 0.15) is 6.29 Å². The van der Waals surface area contributed by atoms with Crippen LogP contribution < -0.4 is 5.73 Å². The Balaban J connectivity index is 0. The number of rotatable bonds is 6. The second kappa shape index (κ2) is 18.0. The molecule has 2 N–H and O–H groups in total. The number of anilines is 1. The minimum Gasteiger partial charge on any atom is -0.399 e. The predicted octanol–water partition coefficient (Wildman–Crippen LogP) is 5.32. The van der Waals surface area contributed by atoms with Gasteiger partial charge >= 0.3 is 0 Å². The molecule has 0 saturated heterocycles. The summed E-state index contributed by atoms with van der Waals surface area (Å²) in [6.45, 7) is 11.6. The molecule has 0 aliphatic carbocycles. The van der Waals surface area contributed by atoms with Crippen LogP contribution in [0.5, 0.6) is 0 Å². The van der Waals surface area contributed by atoms with Crippen LogP contribution in [-0.2, 0) is 4.79 Å². The van der Waals surface area contributed by atoms with Crippen molar-refractivity contribution in [2.75, 3.05) is 12.3 Å². The second-order valence-corrected chi connectivity index (χ2v) is 6.19. The summed E-state index contributed by atoms with van der Waals surface area (Å²) in [5, 5.41) is 0. The molecule has 0 spiro atoms. The number of nitrogens with two attached hydrogens (primary N) is 1. The van der Waals surface area contributed by atoms with Crippen molar-refractivity contribution in [2.45, 2.75) is 39.8 Å². The third kappa shape index (κ3) is 16.5. The van der Waals surface area contributed by atoms with E-state index in [1.807, 2.05) is 25.0 Å². The van der Waals surface area contributed by atoms with E-state index in [-0.39, 0.29) is 0 Å². The van der Waals surface area contributed by atoms with Crippen LogP contribution in [0.15, 0.2) is 64.7 Å². The van der Waals surface area contributed by atoms with E-state index in [1.165, 1.54) is 17.7 Å². The number of allylic oxidation sites excluding steroid dienone is 4. The quantitative estimate of drug-likeness (QED) is 0.177. The average molecular weight is 395 g/mol. The maximum Gasteiger partial charge on any atom is 0.179 e. The zero-order chi connectivity index (χ0) is 22.7. The number of halogens is 1. The van der Waals surface area contributed by atoms with Gasteiger partial charge in [0.25, 0.3) is 0 Å². The molecule has 1 rings (SSSR count). The van der Waals surface area contributed by atoms with Gasteiger partial charge in [0.05, 0.1) is 6.54 Å². The van der Waals surface area contributed by atoms with E-state index in [9.17, 15) is 9.18 Å². The molecule has 0 saturated carbocycles. The summed E-state index contributed by atoms with van der Waals surface area (Å²) in [6.07, 6.45) is 15.4. The van der Waals surface area contributed by atoms with E-state index >= 15 is 0 Å². The summed E-state index contributed by atoms with van der Waals surface area (Å²) in [5.41, 5.74) is 9.04. The smallest absolute Gasteiger partial charge is 0.179 e. The fourth-order valence-electron chi connectivity index (χ4n) is 1.79. The number of alkyl halides is 1. The summed E-state index contributed by atoms with van der Waals surface area (Å²) in [5.74, 6) is 4.80. The standard InChI is InChI=1S/C10H12FN.C9H13N.C6H6O/c1-4-6-9(8-12-3)7-10(11)5-2;1-7(2)8-3-5-9(10)6-4-8;1-3-4-6(2)5-7/h2,4,6-7,10H,3,8H2,1H3;3-7H,10H2,1-2H3;1,4-5H,2H3/b6-4-,9-7+;;6-4+. The van der Waals surface area contributed by atoms with Crippen LogP contribution in [0.4, 0.5) is 10.1 Å². The zero-order valence-electron chi connectivity index (χ0n) is 17.7. The third-order valence-electron chi connectivity index (χ3n) is 3.29. The molecule has 1 atom stereocenters. The molecular formula is C25H31FN2O. The summed E-state index contributed by atoms with van der Waals surface area (Å²) < 4.78 is 12.6. The maximum atomic E-state index is 12.6. The number of terminal acetylenes is 2. The van der Waals surface area contributed by atoms with Gasteiger partial charge in [-0.1, -0.05) is 50.0 Å². The lowest BCUT2D eigenvalue weighted by atomic mass is 10.0. The predicted molar refractivity (Wildman–Crippen MR) is 125 cm³/mol. The molecule has 3 nitrogen and oxygen atoms in total. The van der Waals surface area contributed by atoms with Crippen LogP contribution >= 0.6 is 0 Å². The van der Waals surface area contributed by atoms with E-state index in [1.54, 1.807) is 19.1 Å². The van der Waals surface area contributed by atoms with E-state index in [2.05, 4.69) is 43.6 Å². The first-order valence-electron chi connectivity index (χ1n) is 9.05. The Morgan fingerprint density at radius 3 is 2.24 bits per heavy atom. The molecule has 0 aromatic heterocycles. The van der Waals surface area contributed by atoms with Crippen LogP contribution in [0.25, 0.3) is 0 Å². The van der Waals surface area contributed by atoms with Gasteiger partial charge in [0.15, 0.2) is 6.17 Å². The highest BCUT2D eigenvalue weighted by Crippen LogP contribution is 2.14. The van der Waals surface area contributed by atoms with Gasteiger partial charge < -0.3 is 5.73 Å². The number of hydrogen-bond acceptors (Lipinski definition) is 3. The van der Waals surface area contributed by atoms with Gasteiger partial charge in [-0.2, -0.15) is 0 Å². The number of aldehydes is 1. The number of carbonyl (C=O) groups is 1. The van der Waals surface area contributed by atoms with Gasteiger partial charge in [-0.15, -0.1) is 12.8 Å². The van der Waals surface area contributed by atoms with Gasteiger partial charge in [0, 0.05) is 5.69 Å². The summed E-state index contributed by atoms with van der Waals surface area (Å²) in [4.78, 5) is 13.4. The Morgan fingerprint density at radius 1 is 1.31 bits per heavy atom. The molecule has 0 amide bonds. The fraction of sp³-hybridized carbons (Fsp3) is 0.280. The summed E-state index contributed by atoms with van der Waals surface area (Å²) >= 11 is 0. The number of benzene rings is 1. The molecular weight excluding hydrogens is 363 g/mol. The molecule has 154 valence electrons. The molecule has 1 aromatic carbocycles. The van der Waals surface area contributed by atoms with Crippen molar-refractivity contribution in [3.05, 3.63) is 65.3 Å². The molecule has 0 aliphatic heterocycles. The Labute approximate surface area is 175 Å². The van der Waals surface area contributed by atoms with Crippen LogP contribution in [-0.4, -0.2) is 25.7 Å². The molecule has 0 aliphatic rings. The first-order chi connectivity index (χ1) is 13.7. The average Bonchev–Trinajstić information content (AvgIpc) is 2.69. The van der Waals surface area contributed by atoms with Crippen molar-refractivity contribution in [1.29, 1.82) is 0 Å². The summed E-state index contributed by atoms with van der Waals surface area (Å²) in [6, 6.07) is 8.02. The Morgan fingerprint density at radius 2 is 1.90 bits per heavy atom. The first-order valence-corrected chi connectivity index (χ1v) is 9.05. The number of nitrogen functional groups attached to an aromatic ring is 1. The van der Waals surface area contributed by atoms with Crippen molar-refractivity contribution in [3.63, 3.8) is 0 Å². The van der Waals surface area contributed by atoms with Crippen LogP contribution in [0.3, 0.4) is 0 Å². The Kier molecular flexibility index (Phi) is 17.3. The highest BCUT2D eigenvalue weighted by atomic mass is 19.1. The summed E-state index contributed by atoms with van der Waals surface area (Å²) in [7, 11) is 0. The van der Waals surface area contributed by atoms with Gasteiger partial charge in [-0.05, 0) is 67.5 Å². The van der Waals surface area contributed by atoms with E-state index in [0.717, 1.165) is 17.5 Å². The fourth-order valence-corrected chi connectivity index (χ4v) is 1.79. The van der Waals surface area contributed by atoms with Crippen molar-refractivity contribution < 1.29 is 9.18 Å². The lowest BCUT2D eigenvalue weighted by Crippen LogP contribution is -1.93. The van der Waals surface area contributed by atoms with Gasteiger partial charge in [-0.3, -0.25) is 9.79 Å². The number of nitrogens with zero attached hydrogens (tertiary/aromatic N) is 1. The lowest BCUT2D eigenvalue weighted by molar-refractivity contribution is -0.104. The highest BCUT2D eigenvalue weighted by molar-refractivity contribution is 5.73. The van der Waals surface area contributed by atoms with E-state index in [0.29, 0.717) is 18.0 Å². The van der Waals surface area contributed by atoms with Crippen molar-refractivity contribution in [3.8, 4) is 24.7 Å². The van der Waals surface area contributed by atoms with Crippen molar-refractivity contribution in [2.24, 2.45) is 4.99 Å². The highest BCUT2D eigenvalue weighted by Gasteiger charge is 1.97. The second-order valence-electron chi connectivity index (χ2n) is 6.19. The van der Waals surface area contributed by atoms with Crippen LogP contribution in [0, 0.1) is 24.7 Å². The minimum atomic E-state index is -1.34. The number of carbonyl (C=O) groups excluding carboxylic acids is 1. The largest absolute Gasteiger partial charge is 0.399 e. The Hall–Kier alpha value is -3.37. The lowest BCUT2D eigenvalue weighted by Gasteiger charge is -2.03. The molecule has 0 bridgehead atoms.